The Kier molecular flexibility index (Phi) is 4.98. The predicted octanol–water partition coefficient (Wildman–Crippen LogP) is 2.79. The van der Waals surface area contributed by atoms with E-state index < -0.39 is 10.0 Å². The molecule has 0 saturated carbocycles. The molecule has 1 aromatic heterocycles. The molecule has 0 atom stereocenters. The molecule has 108 valence electrons. The van der Waals surface area contributed by atoms with Crippen LogP contribution in [0.1, 0.15) is 16.0 Å². The topological polar surface area (TPSA) is 66.4 Å². The number of thiophene rings is 1. The number of hydrogen-bond acceptors (Lipinski definition) is 4. The van der Waals surface area contributed by atoms with E-state index in [1.54, 1.807) is 12.1 Å². The molecule has 20 heavy (non-hydrogen) atoms. The van der Waals surface area contributed by atoms with Crippen molar-refractivity contribution >= 4 is 37.3 Å². The van der Waals surface area contributed by atoms with E-state index in [0.717, 1.165) is 10.4 Å². The van der Waals surface area contributed by atoms with Crippen molar-refractivity contribution in [1.82, 2.24) is 4.72 Å². The lowest BCUT2D eigenvalue weighted by Crippen LogP contribution is -2.23. The van der Waals surface area contributed by atoms with Crippen LogP contribution in [-0.4, -0.2) is 13.5 Å². The predicted molar refractivity (Wildman–Crippen MR) is 83.1 cm³/mol. The van der Waals surface area contributed by atoms with Crippen molar-refractivity contribution in [2.24, 2.45) is 0 Å². The molecule has 1 aromatic carbocycles. The highest BCUT2D eigenvalue weighted by Gasteiger charge is 2.18. The molecule has 0 aliphatic carbocycles. The lowest BCUT2D eigenvalue weighted by Gasteiger charge is -2.09. The summed E-state index contributed by atoms with van der Waals surface area (Å²) in [5.41, 5.74) is 1.63. The molecule has 2 aromatic rings. The summed E-state index contributed by atoms with van der Waals surface area (Å²) in [5.74, 6) is 0. The van der Waals surface area contributed by atoms with E-state index in [-0.39, 0.29) is 18.0 Å². The fourth-order valence-electron chi connectivity index (χ4n) is 1.68. The average Bonchev–Trinajstić information content (AvgIpc) is 2.82. The molecule has 0 saturated heterocycles. The minimum atomic E-state index is -3.62. The number of nitrogens with one attached hydrogen (secondary N) is 1. The highest BCUT2D eigenvalue weighted by Crippen LogP contribution is 2.24. The van der Waals surface area contributed by atoms with Gasteiger partial charge < -0.3 is 5.11 Å². The van der Waals surface area contributed by atoms with Crippen molar-refractivity contribution in [3.8, 4) is 0 Å². The Labute approximate surface area is 130 Å². The molecule has 1 heterocycles. The van der Waals surface area contributed by atoms with E-state index in [4.69, 9.17) is 5.11 Å². The van der Waals surface area contributed by atoms with Crippen molar-refractivity contribution in [3.05, 3.63) is 50.1 Å². The lowest BCUT2D eigenvalue weighted by atomic mass is 10.2. The van der Waals surface area contributed by atoms with E-state index in [2.05, 4.69) is 20.7 Å². The Balaban J connectivity index is 2.24. The molecule has 0 spiro atoms. The van der Waals surface area contributed by atoms with Gasteiger partial charge in [0, 0.05) is 15.9 Å². The lowest BCUT2D eigenvalue weighted by molar-refractivity contribution is 0.281. The normalized spacial score (nSPS) is 11.8. The maximum Gasteiger partial charge on any atom is 0.242 e. The maximum atomic E-state index is 12.3. The molecule has 2 rings (SSSR count). The number of aliphatic hydroxyl groups excluding tert-OH is 1. The maximum absolute atomic E-state index is 12.3. The summed E-state index contributed by atoms with van der Waals surface area (Å²) in [4.78, 5) is 1.13. The molecule has 0 amide bonds. The van der Waals surface area contributed by atoms with Crippen LogP contribution in [-0.2, 0) is 23.2 Å². The van der Waals surface area contributed by atoms with Crippen LogP contribution in [0.3, 0.4) is 0 Å². The molecule has 2 N–H and O–H groups in total. The Morgan fingerprint density at radius 1 is 1.35 bits per heavy atom. The molecule has 0 bridgehead atoms. The quantitative estimate of drug-likeness (QED) is 0.844. The van der Waals surface area contributed by atoms with Crippen LogP contribution in [0.25, 0.3) is 0 Å². The molecule has 0 radical (unpaired) electrons. The Hall–Kier alpha value is -0.730. The second kappa shape index (κ2) is 6.36. The fourth-order valence-corrected chi connectivity index (χ4v) is 4.62. The molecule has 0 aliphatic heterocycles. The van der Waals surface area contributed by atoms with Crippen LogP contribution in [0.5, 0.6) is 0 Å². The van der Waals surface area contributed by atoms with Crippen molar-refractivity contribution in [1.29, 1.82) is 0 Å². The molecular weight excluding hydrogens is 362 g/mol. The molecule has 0 unspecified atom stereocenters. The monoisotopic (exact) mass is 375 g/mol. The third-order valence-electron chi connectivity index (χ3n) is 2.86. The van der Waals surface area contributed by atoms with Crippen molar-refractivity contribution < 1.29 is 13.5 Å². The van der Waals surface area contributed by atoms with Gasteiger partial charge in [0.25, 0.3) is 0 Å². The Morgan fingerprint density at radius 3 is 2.70 bits per heavy atom. The third kappa shape index (κ3) is 3.48. The summed E-state index contributed by atoms with van der Waals surface area (Å²) >= 11 is 4.75. The third-order valence-corrected chi connectivity index (χ3v) is 6.28. The van der Waals surface area contributed by atoms with Gasteiger partial charge in [-0.15, -0.1) is 11.3 Å². The molecule has 0 fully saturated rings. The highest BCUT2D eigenvalue weighted by molar-refractivity contribution is 9.10. The highest BCUT2D eigenvalue weighted by atomic mass is 79.9. The van der Waals surface area contributed by atoms with Gasteiger partial charge in [-0.3, -0.25) is 0 Å². The standard InChI is InChI=1S/C13H14BrNO3S2/c1-9-4-5-19-12(9)7-15-20(17,18)13-6-10(8-16)2-3-11(13)14/h2-6,15-16H,7-8H2,1H3. The van der Waals surface area contributed by atoms with Gasteiger partial charge in [0.05, 0.1) is 11.5 Å². The SMILES string of the molecule is Cc1ccsc1CNS(=O)(=O)c1cc(CO)ccc1Br. The van der Waals surface area contributed by atoms with Gasteiger partial charge in [-0.25, -0.2) is 13.1 Å². The van der Waals surface area contributed by atoms with Gasteiger partial charge in [0.1, 0.15) is 0 Å². The first-order valence-electron chi connectivity index (χ1n) is 5.86. The average molecular weight is 376 g/mol. The van der Waals surface area contributed by atoms with Crippen LogP contribution in [0.15, 0.2) is 39.0 Å². The number of rotatable bonds is 5. The van der Waals surface area contributed by atoms with Crippen LogP contribution in [0, 0.1) is 6.92 Å². The van der Waals surface area contributed by atoms with Gasteiger partial charge in [-0.1, -0.05) is 6.07 Å². The Bertz CT molecular complexity index is 710. The summed E-state index contributed by atoms with van der Waals surface area (Å²) < 4.78 is 27.7. The second-order valence-corrected chi connectivity index (χ2v) is 7.86. The van der Waals surface area contributed by atoms with Gasteiger partial charge in [-0.05, 0) is 57.6 Å². The minimum absolute atomic E-state index is 0.137. The number of hydrogen-bond donors (Lipinski definition) is 2. The van der Waals surface area contributed by atoms with E-state index in [9.17, 15) is 8.42 Å². The van der Waals surface area contributed by atoms with E-state index in [1.807, 2.05) is 18.4 Å². The number of halogens is 1. The summed E-state index contributed by atoms with van der Waals surface area (Å²) in [6.07, 6.45) is 0. The van der Waals surface area contributed by atoms with Gasteiger partial charge in [0.15, 0.2) is 0 Å². The zero-order valence-electron chi connectivity index (χ0n) is 10.8. The molecular formula is C13H14BrNO3S2. The number of sulfonamides is 1. The number of aliphatic hydroxyl groups is 1. The number of aryl methyl sites for hydroxylation is 1. The van der Waals surface area contributed by atoms with Crippen LogP contribution >= 0.6 is 27.3 Å². The molecule has 0 aliphatic rings. The van der Waals surface area contributed by atoms with Crippen molar-refractivity contribution in [3.63, 3.8) is 0 Å². The minimum Gasteiger partial charge on any atom is -0.392 e. The van der Waals surface area contributed by atoms with Crippen LogP contribution in [0.2, 0.25) is 0 Å². The van der Waals surface area contributed by atoms with Gasteiger partial charge >= 0.3 is 0 Å². The van der Waals surface area contributed by atoms with Crippen LogP contribution < -0.4 is 4.72 Å². The first-order valence-corrected chi connectivity index (χ1v) is 9.01. The Morgan fingerprint density at radius 2 is 2.10 bits per heavy atom. The molecule has 7 heteroatoms. The van der Waals surface area contributed by atoms with Crippen LogP contribution in [0.4, 0.5) is 0 Å². The second-order valence-electron chi connectivity index (χ2n) is 4.27. The van der Waals surface area contributed by atoms with Crippen molar-refractivity contribution in [2.45, 2.75) is 25.0 Å². The zero-order valence-corrected chi connectivity index (χ0v) is 14.0. The summed E-state index contributed by atoms with van der Waals surface area (Å²) in [6, 6.07) is 6.72. The first kappa shape index (κ1) is 15.7. The largest absolute Gasteiger partial charge is 0.392 e. The van der Waals surface area contributed by atoms with Gasteiger partial charge in [0.2, 0.25) is 10.0 Å². The van der Waals surface area contributed by atoms with E-state index in [1.165, 1.54) is 17.4 Å². The summed E-state index contributed by atoms with van der Waals surface area (Å²) in [5, 5.41) is 11.0. The smallest absolute Gasteiger partial charge is 0.242 e. The molecule has 4 nitrogen and oxygen atoms in total. The first-order chi connectivity index (χ1) is 9.44. The summed E-state index contributed by atoms with van der Waals surface area (Å²) in [7, 11) is -3.62. The van der Waals surface area contributed by atoms with E-state index >= 15 is 0 Å². The fraction of sp³-hybridized carbons (Fsp3) is 0.231. The number of benzene rings is 1. The van der Waals surface area contributed by atoms with Gasteiger partial charge in [-0.2, -0.15) is 0 Å². The van der Waals surface area contributed by atoms with E-state index in [0.29, 0.717) is 10.0 Å². The zero-order chi connectivity index (χ0) is 14.8. The summed E-state index contributed by atoms with van der Waals surface area (Å²) in [6.45, 7) is 2.02. The van der Waals surface area contributed by atoms with Crippen molar-refractivity contribution in [2.75, 3.05) is 0 Å².